The van der Waals surface area contributed by atoms with E-state index in [4.69, 9.17) is 5.73 Å². The first kappa shape index (κ1) is 11.6. The molecule has 0 unspecified atom stereocenters. The third-order valence-corrected chi connectivity index (χ3v) is 3.95. The van der Waals surface area contributed by atoms with Gasteiger partial charge in [-0.2, -0.15) is 0 Å². The molecule has 88 valence electrons. The number of rotatable bonds is 2. The first-order chi connectivity index (χ1) is 7.69. The van der Waals surface area contributed by atoms with Crippen LogP contribution in [0.5, 0.6) is 0 Å². The fraction of sp³-hybridized carbons (Fsp3) is 0.571. The molecule has 0 aliphatic heterocycles. The van der Waals surface area contributed by atoms with Crippen molar-refractivity contribution in [1.29, 1.82) is 0 Å². The van der Waals surface area contributed by atoms with Gasteiger partial charge in [0.05, 0.1) is 0 Å². The molecule has 0 heterocycles. The predicted octanol–water partition coefficient (Wildman–Crippen LogP) is 3.29. The van der Waals surface area contributed by atoms with Gasteiger partial charge in [-0.15, -0.1) is 0 Å². The zero-order valence-corrected chi connectivity index (χ0v) is 9.93. The maximum absolute atomic E-state index is 14.0. The van der Waals surface area contributed by atoms with Crippen LogP contribution in [-0.2, 0) is 5.41 Å². The van der Waals surface area contributed by atoms with Crippen LogP contribution < -0.4 is 5.73 Å². The maximum Gasteiger partial charge on any atom is 0.127 e. The highest BCUT2D eigenvalue weighted by Crippen LogP contribution is 2.41. The summed E-state index contributed by atoms with van der Waals surface area (Å²) in [7, 11) is 0. The van der Waals surface area contributed by atoms with Gasteiger partial charge in [-0.3, -0.25) is 0 Å². The summed E-state index contributed by atoms with van der Waals surface area (Å²) in [5.74, 6) is -0.0765. The molecule has 0 radical (unpaired) electrons. The Kier molecular flexibility index (Phi) is 3.29. The highest BCUT2D eigenvalue weighted by atomic mass is 19.1. The quantitative estimate of drug-likeness (QED) is 0.814. The van der Waals surface area contributed by atoms with Crippen molar-refractivity contribution < 1.29 is 4.39 Å². The van der Waals surface area contributed by atoms with Crippen LogP contribution in [0.15, 0.2) is 18.2 Å². The summed E-state index contributed by atoms with van der Waals surface area (Å²) in [6, 6.07) is 5.33. The average molecular weight is 221 g/mol. The number of halogens is 1. The van der Waals surface area contributed by atoms with E-state index in [0.717, 1.165) is 24.0 Å². The normalized spacial score (nSPS) is 19.7. The van der Waals surface area contributed by atoms with E-state index in [1.54, 1.807) is 12.1 Å². The minimum Gasteiger partial charge on any atom is -0.330 e. The van der Waals surface area contributed by atoms with Crippen LogP contribution in [0.1, 0.15) is 43.2 Å². The average Bonchev–Trinajstić information content (AvgIpc) is 2.30. The first-order valence-corrected chi connectivity index (χ1v) is 6.15. The Morgan fingerprint density at radius 1 is 1.25 bits per heavy atom. The number of nitrogens with two attached hydrogens (primary N) is 1. The molecule has 0 saturated heterocycles. The lowest BCUT2D eigenvalue weighted by molar-refractivity contribution is 0.290. The lowest BCUT2D eigenvalue weighted by Gasteiger charge is -2.38. The molecule has 2 rings (SSSR count). The molecule has 0 bridgehead atoms. The van der Waals surface area contributed by atoms with Crippen LogP contribution in [0.4, 0.5) is 4.39 Å². The van der Waals surface area contributed by atoms with Crippen molar-refractivity contribution in [1.82, 2.24) is 0 Å². The Hall–Kier alpha value is -0.890. The van der Waals surface area contributed by atoms with Crippen LogP contribution in [0.2, 0.25) is 0 Å². The molecule has 1 aliphatic rings. The molecule has 0 spiro atoms. The molecule has 16 heavy (non-hydrogen) atoms. The van der Waals surface area contributed by atoms with Crippen LogP contribution in [0.25, 0.3) is 0 Å². The van der Waals surface area contributed by atoms with Gasteiger partial charge in [0.15, 0.2) is 0 Å². The van der Waals surface area contributed by atoms with E-state index in [1.807, 2.05) is 13.0 Å². The molecular formula is C14H20FN. The first-order valence-electron chi connectivity index (χ1n) is 6.15. The summed E-state index contributed by atoms with van der Waals surface area (Å²) in [5, 5.41) is 0. The van der Waals surface area contributed by atoms with E-state index in [9.17, 15) is 4.39 Å². The standard InChI is InChI=1S/C14H20FN/c1-11-6-5-7-12(15)13(11)14(10-16)8-3-2-4-9-14/h5-7H,2-4,8-10,16H2,1H3. The second kappa shape index (κ2) is 4.54. The lowest BCUT2D eigenvalue weighted by atomic mass is 9.68. The Morgan fingerprint density at radius 2 is 1.94 bits per heavy atom. The molecule has 0 amide bonds. The van der Waals surface area contributed by atoms with Gasteiger partial charge in [-0.05, 0) is 37.0 Å². The molecule has 1 nitrogen and oxygen atoms in total. The van der Waals surface area contributed by atoms with Crippen molar-refractivity contribution in [3.05, 3.63) is 35.1 Å². The third kappa shape index (κ3) is 1.86. The number of benzene rings is 1. The second-order valence-corrected chi connectivity index (χ2v) is 4.98. The van der Waals surface area contributed by atoms with Crippen molar-refractivity contribution in [2.75, 3.05) is 6.54 Å². The van der Waals surface area contributed by atoms with E-state index in [2.05, 4.69) is 0 Å². The van der Waals surface area contributed by atoms with Crippen LogP contribution in [0.3, 0.4) is 0 Å². The Morgan fingerprint density at radius 3 is 2.50 bits per heavy atom. The summed E-state index contributed by atoms with van der Waals surface area (Å²) in [5.41, 5.74) is 7.76. The fourth-order valence-electron chi connectivity index (χ4n) is 3.09. The predicted molar refractivity (Wildman–Crippen MR) is 65.0 cm³/mol. The molecule has 1 fully saturated rings. The fourth-order valence-corrected chi connectivity index (χ4v) is 3.09. The van der Waals surface area contributed by atoms with E-state index >= 15 is 0 Å². The Balaban J connectivity index is 2.46. The van der Waals surface area contributed by atoms with Crippen molar-refractivity contribution >= 4 is 0 Å². The zero-order valence-electron chi connectivity index (χ0n) is 9.93. The molecule has 0 aromatic heterocycles. The smallest absolute Gasteiger partial charge is 0.127 e. The minimum absolute atomic E-state index is 0.0765. The number of hydrogen-bond acceptors (Lipinski definition) is 1. The molecule has 1 aliphatic carbocycles. The number of aryl methyl sites for hydroxylation is 1. The summed E-state index contributed by atoms with van der Waals surface area (Å²) >= 11 is 0. The van der Waals surface area contributed by atoms with Crippen molar-refractivity contribution in [2.45, 2.75) is 44.4 Å². The molecular weight excluding hydrogens is 201 g/mol. The summed E-state index contributed by atoms with van der Waals surface area (Å²) in [6.07, 6.45) is 5.67. The third-order valence-electron chi connectivity index (χ3n) is 3.95. The molecule has 1 saturated carbocycles. The van der Waals surface area contributed by atoms with Crippen molar-refractivity contribution in [3.63, 3.8) is 0 Å². The highest BCUT2D eigenvalue weighted by molar-refractivity contribution is 5.35. The zero-order chi connectivity index (χ0) is 11.6. The van der Waals surface area contributed by atoms with E-state index in [0.29, 0.717) is 6.54 Å². The van der Waals surface area contributed by atoms with E-state index in [1.165, 1.54) is 19.3 Å². The Labute approximate surface area is 96.9 Å². The molecule has 2 N–H and O–H groups in total. The number of hydrogen-bond donors (Lipinski definition) is 1. The summed E-state index contributed by atoms with van der Waals surface area (Å²) in [4.78, 5) is 0. The van der Waals surface area contributed by atoms with Gasteiger partial charge >= 0.3 is 0 Å². The van der Waals surface area contributed by atoms with E-state index < -0.39 is 0 Å². The lowest BCUT2D eigenvalue weighted by Crippen LogP contribution is -2.38. The van der Waals surface area contributed by atoms with Gasteiger partial charge < -0.3 is 5.73 Å². The monoisotopic (exact) mass is 221 g/mol. The largest absolute Gasteiger partial charge is 0.330 e. The molecule has 1 aromatic rings. The molecule has 0 atom stereocenters. The van der Waals surface area contributed by atoms with Gasteiger partial charge in [-0.1, -0.05) is 31.4 Å². The van der Waals surface area contributed by atoms with Crippen molar-refractivity contribution in [2.24, 2.45) is 5.73 Å². The van der Waals surface area contributed by atoms with Crippen LogP contribution in [-0.4, -0.2) is 6.54 Å². The summed E-state index contributed by atoms with van der Waals surface area (Å²) < 4.78 is 14.0. The molecule has 2 heteroatoms. The van der Waals surface area contributed by atoms with Crippen LogP contribution in [0, 0.1) is 12.7 Å². The van der Waals surface area contributed by atoms with E-state index in [-0.39, 0.29) is 11.2 Å². The van der Waals surface area contributed by atoms with Crippen LogP contribution >= 0.6 is 0 Å². The van der Waals surface area contributed by atoms with Gasteiger partial charge in [0.2, 0.25) is 0 Å². The van der Waals surface area contributed by atoms with Gasteiger partial charge in [0, 0.05) is 12.0 Å². The SMILES string of the molecule is Cc1cccc(F)c1C1(CN)CCCCC1. The summed E-state index contributed by atoms with van der Waals surface area (Å²) in [6.45, 7) is 2.55. The van der Waals surface area contributed by atoms with Gasteiger partial charge in [-0.25, -0.2) is 4.39 Å². The Bertz CT molecular complexity index is 347. The second-order valence-electron chi connectivity index (χ2n) is 4.98. The van der Waals surface area contributed by atoms with Crippen molar-refractivity contribution in [3.8, 4) is 0 Å². The maximum atomic E-state index is 14.0. The topological polar surface area (TPSA) is 26.0 Å². The van der Waals surface area contributed by atoms with Gasteiger partial charge in [0.25, 0.3) is 0 Å². The molecule has 1 aromatic carbocycles. The van der Waals surface area contributed by atoms with Gasteiger partial charge in [0.1, 0.15) is 5.82 Å². The minimum atomic E-state index is -0.103. The highest BCUT2D eigenvalue weighted by Gasteiger charge is 2.35.